The predicted molar refractivity (Wildman–Crippen MR) is 93.9 cm³/mol. The van der Waals surface area contributed by atoms with Gasteiger partial charge in [0.05, 0.1) is 45.2 Å². The molecular formula is C16H28ClN3O4S. The highest BCUT2D eigenvalue weighted by Gasteiger charge is 2.28. The summed E-state index contributed by atoms with van der Waals surface area (Å²) in [4.78, 5) is 2.29. The molecule has 1 N–H and O–H groups in total. The van der Waals surface area contributed by atoms with E-state index >= 15 is 0 Å². The van der Waals surface area contributed by atoms with Crippen molar-refractivity contribution in [3.8, 4) is 5.75 Å². The van der Waals surface area contributed by atoms with Crippen LogP contribution in [0.4, 0.5) is 5.69 Å². The molecule has 0 amide bonds. The zero-order valence-corrected chi connectivity index (χ0v) is 16.6. The standard InChI is InChI=1S/C16H28N3O4S.ClH/c1-17-8-11-19(2,12-9-17)10-5-13-24(21,22)18(20)15-6-4-7-16(14-15)23-3;/h4,6-7,14,20H,5,8-13H2,1-3H3;1H/q+1;/p-1. The van der Waals surface area contributed by atoms with Gasteiger partial charge in [-0.05, 0) is 19.2 Å². The predicted octanol–water partition coefficient (Wildman–Crippen LogP) is -1.99. The summed E-state index contributed by atoms with van der Waals surface area (Å²) in [5.74, 6) is 0.418. The number of ether oxygens (including phenoxy) is 1. The number of nitrogens with zero attached hydrogens (tertiary/aromatic N) is 3. The second-order valence-electron chi connectivity index (χ2n) is 6.71. The Morgan fingerprint density at radius 1 is 1.32 bits per heavy atom. The van der Waals surface area contributed by atoms with Crippen molar-refractivity contribution < 1.29 is 35.3 Å². The van der Waals surface area contributed by atoms with Gasteiger partial charge < -0.3 is 21.6 Å². The van der Waals surface area contributed by atoms with Gasteiger partial charge in [0.15, 0.2) is 0 Å². The van der Waals surface area contributed by atoms with Gasteiger partial charge in [0.25, 0.3) is 10.0 Å². The first-order valence-electron chi connectivity index (χ1n) is 8.14. The number of likely N-dealkylation sites (N-methyl/N-ethyl adjacent to an activating group) is 2. The van der Waals surface area contributed by atoms with Crippen LogP contribution in [0.3, 0.4) is 0 Å². The SMILES string of the molecule is COc1cccc(N(O)S(=O)(=O)CCC[N+]2(C)CCN(C)CC2)c1.[Cl-]. The molecule has 0 radical (unpaired) electrons. The molecule has 144 valence electrons. The normalized spacial score (nSPS) is 17.6. The molecule has 0 aromatic heterocycles. The Bertz CT molecular complexity index is 649. The molecule has 1 saturated heterocycles. The molecule has 0 bridgehead atoms. The summed E-state index contributed by atoms with van der Waals surface area (Å²) in [6, 6.07) is 6.37. The minimum atomic E-state index is -3.76. The molecule has 9 heteroatoms. The number of methoxy groups -OCH3 is 1. The summed E-state index contributed by atoms with van der Waals surface area (Å²) in [7, 11) is 2.00. The van der Waals surface area contributed by atoms with Crippen LogP contribution >= 0.6 is 0 Å². The fraction of sp³-hybridized carbons (Fsp3) is 0.625. The van der Waals surface area contributed by atoms with Gasteiger partial charge in [0.2, 0.25) is 0 Å². The zero-order chi connectivity index (χ0) is 17.8. The van der Waals surface area contributed by atoms with Gasteiger partial charge in [-0.2, -0.15) is 0 Å². The van der Waals surface area contributed by atoms with Crippen LogP contribution in [0.15, 0.2) is 24.3 Å². The van der Waals surface area contributed by atoms with Crippen LogP contribution in [0.5, 0.6) is 5.75 Å². The maximum atomic E-state index is 12.3. The average molecular weight is 394 g/mol. The Kier molecular flexibility index (Phi) is 7.95. The monoisotopic (exact) mass is 393 g/mol. The van der Waals surface area contributed by atoms with Gasteiger partial charge in [-0.25, -0.2) is 8.42 Å². The molecule has 1 aliphatic rings. The number of hydrogen-bond acceptors (Lipinski definition) is 5. The average Bonchev–Trinajstić information content (AvgIpc) is 2.57. The van der Waals surface area contributed by atoms with Crippen LogP contribution in [-0.2, 0) is 10.0 Å². The first kappa shape index (κ1) is 22.0. The summed E-state index contributed by atoms with van der Waals surface area (Å²) < 4.78 is 31.0. The third kappa shape index (κ3) is 6.00. The van der Waals surface area contributed by atoms with Crippen LogP contribution in [0, 0.1) is 0 Å². The summed E-state index contributed by atoms with van der Waals surface area (Å²) in [6.07, 6.45) is 0.517. The first-order chi connectivity index (χ1) is 11.3. The van der Waals surface area contributed by atoms with E-state index in [2.05, 4.69) is 19.0 Å². The lowest BCUT2D eigenvalue weighted by Gasteiger charge is -2.41. The van der Waals surface area contributed by atoms with Crippen molar-refractivity contribution in [2.45, 2.75) is 6.42 Å². The number of sulfonamides is 1. The van der Waals surface area contributed by atoms with Crippen molar-refractivity contribution in [3.05, 3.63) is 24.3 Å². The quantitative estimate of drug-likeness (QED) is 0.429. The van der Waals surface area contributed by atoms with E-state index in [1.807, 2.05) is 0 Å². The van der Waals surface area contributed by atoms with Crippen molar-refractivity contribution in [1.29, 1.82) is 0 Å². The topological polar surface area (TPSA) is 70.1 Å². The Morgan fingerprint density at radius 3 is 2.56 bits per heavy atom. The highest BCUT2D eigenvalue weighted by atomic mass is 35.5. The molecule has 0 saturated carbocycles. The Hall–Kier alpha value is -1.06. The summed E-state index contributed by atoms with van der Waals surface area (Å²) in [5, 5.41) is 10.1. The largest absolute Gasteiger partial charge is 1.00 e. The van der Waals surface area contributed by atoms with Crippen LogP contribution in [0.25, 0.3) is 0 Å². The van der Waals surface area contributed by atoms with E-state index in [1.165, 1.54) is 19.2 Å². The Morgan fingerprint density at radius 2 is 1.96 bits per heavy atom. The van der Waals surface area contributed by atoms with E-state index in [1.54, 1.807) is 12.1 Å². The van der Waals surface area contributed by atoms with Crippen molar-refractivity contribution in [1.82, 2.24) is 4.90 Å². The van der Waals surface area contributed by atoms with Crippen molar-refractivity contribution in [2.75, 3.05) is 64.2 Å². The van der Waals surface area contributed by atoms with Gasteiger partial charge in [0, 0.05) is 25.6 Å². The maximum Gasteiger partial charge on any atom is 0.257 e. The molecule has 0 atom stereocenters. The van der Waals surface area contributed by atoms with Gasteiger partial charge in [-0.3, -0.25) is 10.1 Å². The molecule has 0 spiro atoms. The van der Waals surface area contributed by atoms with Crippen LogP contribution < -0.4 is 21.6 Å². The highest BCUT2D eigenvalue weighted by Crippen LogP contribution is 2.22. The van der Waals surface area contributed by atoms with E-state index < -0.39 is 10.0 Å². The number of halogens is 1. The minimum Gasteiger partial charge on any atom is -1.00 e. The molecule has 1 heterocycles. The number of hydrogen-bond donors (Lipinski definition) is 1. The number of anilines is 1. The summed E-state index contributed by atoms with van der Waals surface area (Å²) >= 11 is 0. The van der Waals surface area contributed by atoms with E-state index in [0.29, 0.717) is 16.6 Å². The summed E-state index contributed by atoms with van der Waals surface area (Å²) in [6.45, 7) is 4.89. The lowest BCUT2D eigenvalue weighted by molar-refractivity contribution is -0.913. The minimum absolute atomic E-state index is 0. The van der Waals surface area contributed by atoms with E-state index in [-0.39, 0.29) is 23.8 Å². The van der Waals surface area contributed by atoms with Crippen molar-refractivity contribution in [3.63, 3.8) is 0 Å². The van der Waals surface area contributed by atoms with E-state index in [4.69, 9.17) is 4.74 Å². The first-order valence-corrected chi connectivity index (χ1v) is 9.75. The number of rotatable bonds is 7. The molecule has 7 nitrogen and oxygen atoms in total. The highest BCUT2D eigenvalue weighted by molar-refractivity contribution is 7.92. The van der Waals surface area contributed by atoms with Crippen LogP contribution in [-0.4, -0.2) is 82.7 Å². The lowest BCUT2D eigenvalue weighted by atomic mass is 10.2. The van der Waals surface area contributed by atoms with Crippen LogP contribution in [0.2, 0.25) is 0 Å². The Labute approximate surface area is 156 Å². The molecule has 0 aliphatic carbocycles. The van der Waals surface area contributed by atoms with Gasteiger partial charge in [-0.15, -0.1) is 4.47 Å². The third-order valence-corrected chi connectivity index (χ3v) is 6.22. The smallest absolute Gasteiger partial charge is 0.257 e. The van der Waals surface area contributed by atoms with Gasteiger partial charge >= 0.3 is 0 Å². The Balaban J connectivity index is 0.00000312. The molecule has 1 fully saturated rings. The molecule has 1 aliphatic heterocycles. The van der Waals surface area contributed by atoms with E-state index in [9.17, 15) is 13.6 Å². The van der Waals surface area contributed by atoms with Gasteiger partial charge in [-0.1, -0.05) is 6.07 Å². The number of benzene rings is 1. The molecule has 0 unspecified atom stereocenters. The number of quaternary nitrogens is 1. The molecule has 1 aromatic rings. The molecule has 1 aromatic carbocycles. The fourth-order valence-corrected chi connectivity index (χ4v) is 3.98. The second-order valence-corrected chi connectivity index (χ2v) is 8.63. The lowest BCUT2D eigenvalue weighted by Crippen LogP contribution is -3.00. The van der Waals surface area contributed by atoms with Gasteiger partial charge in [0.1, 0.15) is 5.75 Å². The fourth-order valence-electron chi connectivity index (χ4n) is 2.88. The second kappa shape index (κ2) is 9.05. The van der Waals surface area contributed by atoms with Crippen LogP contribution in [0.1, 0.15) is 6.42 Å². The zero-order valence-electron chi connectivity index (χ0n) is 15.1. The summed E-state index contributed by atoms with van der Waals surface area (Å²) in [5.41, 5.74) is 0.189. The third-order valence-electron chi connectivity index (χ3n) is 4.68. The van der Waals surface area contributed by atoms with Crippen molar-refractivity contribution in [2.24, 2.45) is 0 Å². The van der Waals surface area contributed by atoms with Crippen molar-refractivity contribution >= 4 is 15.7 Å². The molecule has 2 rings (SSSR count). The molecule has 25 heavy (non-hydrogen) atoms. The maximum absolute atomic E-state index is 12.3. The van der Waals surface area contributed by atoms with E-state index in [0.717, 1.165) is 37.2 Å². The molecular weight excluding hydrogens is 366 g/mol. The number of piperazine rings is 1.